The normalized spacial score (nSPS) is 16.8. The van der Waals surface area contributed by atoms with Crippen molar-refractivity contribution < 1.29 is 18.7 Å². The van der Waals surface area contributed by atoms with E-state index in [-0.39, 0.29) is 17.9 Å². The number of nitrogens with one attached hydrogen (secondary N) is 2. The van der Waals surface area contributed by atoms with E-state index in [0.717, 1.165) is 29.9 Å². The lowest BCUT2D eigenvalue weighted by atomic mass is 10.0. The van der Waals surface area contributed by atoms with E-state index in [9.17, 15) is 9.18 Å². The lowest BCUT2D eigenvalue weighted by Gasteiger charge is -2.23. The summed E-state index contributed by atoms with van der Waals surface area (Å²) in [4.78, 5) is 12.3. The number of amides is 2. The van der Waals surface area contributed by atoms with Crippen LogP contribution in [0.5, 0.6) is 11.5 Å². The van der Waals surface area contributed by atoms with E-state index in [1.54, 1.807) is 0 Å². The lowest BCUT2D eigenvalue weighted by molar-refractivity contribution is 0.171. The fraction of sp³-hybridized carbons (Fsp3) is 0.316. The van der Waals surface area contributed by atoms with Crippen LogP contribution in [0, 0.1) is 11.7 Å². The van der Waals surface area contributed by atoms with Gasteiger partial charge in [0.15, 0.2) is 11.5 Å². The summed E-state index contributed by atoms with van der Waals surface area (Å²) in [6, 6.07) is 11.1. The number of rotatable bonds is 4. The quantitative estimate of drug-likeness (QED) is 0.887. The van der Waals surface area contributed by atoms with E-state index >= 15 is 0 Å². The van der Waals surface area contributed by atoms with Crippen LogP contribution in [0.25, 0.3) is 0 Å². The van der Waals surface area contributed by atoms with Crippen LogP contribution in [0.3, 0.4) is 0 Å². The van der Waals surface area contributed by atoms with Crippen molar-refractivity contribution in [3.63, 3.8) is 0 Å². The Morgan fingerprint density at radius 1 is 1.04 bits per heavy atom. The summed E-state index contributed by atoms with van der Waals surface area (Å²) in [5.41, 5.74) is 1.55. The molecule has 5 nitrogen and oxygen atoms in total. The Morgan fingerprint density at radius 2 is 1.76 bits per heavy atom. The van der Waals surface area contributed by atoms with Crippen molar-refractivity contribution in [1.29, 1.82) is 0 Å². The topological polar surface area (TPSA) is 59.6 Å². The molecule has 25 heavy (non-hydrogen) atoms. The smallest absolute Gasteiger partial charge is 0.319 e. The number of hydrogen-bond acceptors (Lipinski definition) is 3. The number of hydrogen-bond donors (Lipinski definition) is 2. The van der Waals surface area contributed by atoms with Crippen LogP contribution >= 0.6 is 0 Å². The van der Waals surface area contributed by atoms with Crippen molar-refractivity contribution in [3.8, 4) is 11.5 Å². The van der Waals surface area contributed by atoms with Gasteiger partial charge in [-0.3, -0.25) is 0 Å². The molecular formula is C19H19FN2O3. The summed E-state index contributed by atoms with van der Waals surface area (Å²) >= 11 is 0. The Morgan fingerprint density at radius 3 is 2.48 bits per heavy atom. The molecule has 2 amide bonds. The molecule has 2 aromatic carbocycles. The summed E-state index contributed by atoms with van der Waals surface area (Å²) in [5.74, 6) is 1.54. The molecule has 0 spiro atoms. The molecule has 0 saturated heterocycles. The maximum atomic E-state index is 13.0. The number of halogens is 1. The van der Waals surface area contributed by atoms with Crippen LogP contribution in [-0.2, 0) is 0 Å². The van der Waals surface area contributed by atoms with Crippen molar-refractivity contribution in [1.82, 2.24) is 5.32 Å². The van der Waals surface area contributed by atoms with E-state index in [1.165, 1.54) is 24.3 Å². The molecule has 0 radical (unpaired) electrons. The zero-order valence-electron chi connectivity index (χ0n) is 13.6. The van der Waals surface area contributed by atoms with Crippen molar-refractivity contribution in [2.24, 2.45) is 5.92 Å². The van der Waals surface area contributed by atoms with Gasteiger partial charge in [-0.2, -0.15) is 0 Å². The number of carbonyl (C=O) groups excluding carboxylic acids is 1. The Bertz CT molecular complexity index is 775. The first kappa shape index (κ1) is 15.7. The lowest BCUT2D eigenvalue weighted by Crippen LogP contribution is -2.33. The highest BCUT2D eigenvalue weighted by atomic mass is 19.1. The molecule has 4 rings (SSSR count). The Hall–Kier alpha value is -2.76. The first-order chi connectivity index (χ1) is 12.2. The minimum atomic E-state index is -0.335. The summed E-state index contributed by atoms with van der Waals surface area (Å²) in [6.45, 7) is 1.08. The third-order valence-corrected chi connectivity index (χ3v) is 4.41. The second kappa shape index (κ2) is 6.63. The third kappa shape index (κ3) is 3.68. The second-order valence-electron chi connectivity index (χ2n) is 6.32. The highest BCUT2D eigenvalue weighted by Gasteiger charge is 2.34. The molecule has 130 valence electrons. The van der Waals surface area contributed by atoms with E-state index < -0.39 is 0 Å². The van der Waals surface area contributed by atoms with E-state index in [1.807, 2.05) is 18.2 Å². The fourth-order valence-electron chi connectivity index (χ4n) is 3.00. The average molecular weight is 342 g/mol. The van der Waals surface area contributed by atoms with Crippen molar-refractivity contribution >= 4 is 11.7 Å². The van der Waals surface area contributed by atoms with Gasteiger partial charge in [0.2, 0.25) is 0 Å². The highest BCUT2D eigenvalue weighted by molar-refractivity contribution is 5.89. The van der Waals surface area contributed by atoms with Gasteiger partial charge in [0, 0.05) is 5.69 Å². The van der Waals surface area contributed by atoms with Gasteiger partial charge in [-0.1, -0.05) is 6.07 Å². The molecule has 1 atom stereocenters. The molecule has 0 bridgehead atoms. The first-order valence-corrected chi connectivity index (χ1v) is 8.42. The number of urea groups is 1. The van der Waals surface area contributed by atoms with Crippen molar-refractivity contribution in [3.05, 3.63) is 53.8 Å². The monoisotopic (exact) mass is 342 g/mol. The Balaban J connectivity index is 1.48. The Kier molecular flexibility index (Phi) is 4.17. The molecule has 1 unspecified atom stereocenters. The molecule has 6 heteroatoms. The largest absolute Gasteiger partial charge is 0.486 e. The van der Waals surface area contributed by atoms with Gasteiger partial charge < -0.3 is 20.1 Å². The maximum absolute atomic E-state index is 13.0. The van der Waals surface area contributed by atoms with E-state index in [0.29, 0.717) is 24.8 Å². The van der Waals surface area contributed by atoms with Gasteiger partial charge in [0.05, 0.1) is 6.04 Å². The summed E-state index contributed by atoms with van der Waals surface area (Å²) in [7, 11) is 0. The number of benzene rings is 2. The van der Waals surface area contributed by atoms with Crippen LogP contribution in [0.4, 0.5) is 14.9 Å². The third-order valence-electron chi connectivity index (χ3n) is 4.41. The predicted octanol–water partition coefficient (Wildman–Crippen LogP) is 3.87. The molecule has 1 aliphatic heterocycles. The van der Waals surface area contributed by atoms with Crippen molar-refractivity contribution in [2.75, 3.05) is 18.5 Å². The molecule has 2 N–H and O–H groups in total. The Labute approximate surface area is 145 Å². The maximum Gasteiger partial charge on any atom is 0.319 e. The predicted molar refractivity (Wildman–Crippen MR) is 91.5 cm³/mol. The van der Waals surface area contributed by atoms with Gasteiger partial charge in [0.25, 0.3) is 0 Å². The molecule has 1 heterocycles. The number of anilines is 1. The summed E-state index contributed by atoms with van der Waals surface area (Å²) in [5, 5.41) is 5.77. The van der Waals surface area contributed by atoms with Crippen LogP contribution in [-0.4, -0.2) is 19.2 Å². The fourth-order valence-corrected chi connectivity index (χ4v) is 3.00. The van der Waals surface area contributed by atoms with Gasteiger partial charge in [-0.15, -0.1) is 0 Å². The van der Waals surface area contributed by atoms with E-state index in [4.69, 9.17) is 9.47 Å². The molecule has 2 aliphatic rings. The zero-order chi connectivity index (χ0) is 17.2. The number of fused-ring (bicyclic) bond motifs is 1. The first-order valence-electron chi connectivity index (χ1n) is 8.42. The minimum absolute atomic E-state index is 0.0868. The second-order valence-corrected chi connectivity index (χ2v) is 6.32. The number of ether oxygens (including phenoxy) is 2. The van der Waals surface area contributed by atoms with Crippen LogP contribution in [0.15, 0.2) is 42.5 Å². The van der Waals surface area contributed by atoms with E-state index in [2.05, 4.69) is 10.6 Å². The van der Waals surface area contributed by atoms with Crippen LogP contribution < -0.4 is 20.1 Å². The summed E-state index contributed by atoms with van der Waals surface area (Å²) < 4.78 is 24.1. The van der Waals surface area contributed by atoms with Gasteiger partial charge >= 0.3 is 6.03 Å². The number of carbonyl (C=O) groups is 1. The van der Waals surface area contributed by atoms with Gasteiger partial charge in [-0.25, -0.2) is 9.18 Å². The standard InChI is InChI=1S/C19H19FN2O3/c20-14-4-6-15(7-5-14)21-19(23)22-18(12-1-2-12)13-3-8-16-17(11-13)25-10-9-24-16/h3-8,11-12,18H,1-2,9-10H2,(H2,21,22,23). The SMILES string of the molecule is O=C(Nc1ccc(F)cc1)NC(c1ccc2c(c1)OCCO2)C1CC1. The summed E-state index contributed by atoms with van der Waals surface area (Å²) in [6.07, 6.45) is 2.16. The molecule has 2 aromatic rings. The average Bonchev–Trinajstić information content (AvgIpc) is 3.46. The molecule has 0 aromatic heterocycles. The highest BCUT2D eigenvalue weighted by Crippen LogP contribution is 2.43. The van der Waals surface area contributed by atoms with Gasteiger partial charge in [0.1, 0.15) is 19.0 Å². The molecular weight excluding hydrogens is 323 g/mol. The van der Waals surface area contributed by atoms with Crippen LogP contribution in [0.1, 0.15) is 24.4 Å². The van der Waals surface area contributed by atoms with Gasteiger partial charge in [-0.05, 0) is 60.7 Å². The van der Waals surface area contributed by atoms with Crippen molar-refractivity contribution in [2.45, 2.75) is 18.9 Å². The molecule has 1 aliphatic carbocycles. The minimum Gasteiger partial charge on any atom is -0.486 e. The zero-order valence-corrected chi connectivity index (χ0v) is 13.6. The van der Waals surface area contributed by atoms with Crippen LogP contribution in [0.2, 0.25) is 0 Å². The molecule has 1 fully saturated rings. The molecule has 1 saturated carbocycles.